The Morgan fingerprint density at radius 1 is 0.906 bits per heavy atom. The molecule has 0 aliphatic heterocycles. The highest BCUT2D eigenvalue weighted by Crippen LogP contribution is 2.28. The number of nitrogens with zero attached hydrogens (tertiary/aromatic N) is 1. The predicted octanol–water partition coefficient (Wildman–Crippen LogP) is 4.69. The van der Waals surface area contributed by atoms with Gasteiger partial charge in [0.1, 0.15) is 11.2 Å². The fraction of sp³-hybridized carbons (Fsp3) is 0.500. The molecule has 0 radical (unpaired) electrons. The van der Waals surface area contributed by atoms with Crippen LogP contribution in [0.25, 0.3) is 0 Å². The molecule has 1 aromatic rings. The van der Waals surface area contributed by atoms with Gasteiger partial charge in [-0.3, -0.25) is 9.59 Å². The second kappa shape index (κ2) is 9.54. The molecule has 0 spiro atoms. The van der Waals surface area contributed by atoms with Crippen molar-refractivity contribution in [3.05, 3.63) is 47.5 Å². The topological polar surface area (TPSA) is 102 Å². The molecular weight excluding hydrogens is 412 g/mol. The van der Waals surface area contributed by atoms with E-state index in [-0.39, 0.29) is 11.6 Å². The van der Waals surface area contributed by atoms with Gasteiger partial charge in [0.2, 0.25) is 0 Å². The summed E-state index contributed by atoms with van der Waals surface area (Å²) in [5.41, 5.74) is 1.78. The lowest BCUT2D eigenvalue weighted by Gasteiger charge is -2.34. The normalized spacial score (nSPS) is 18.1. The minimum Gasteiger partial charge on any atom is -0.443 e. The molecule has 2 atom stereocenters. The van der Waals surface area contributed by atoms with E-state index in [1.807, 2.05) is 0 Å². The third-order valence-electron chi connectivity index (χ3n) is 4.55. The Morgan fingerprint density at radius 2 is 1.44 bits per heavy atom. The number of amides is 2. The number of carbonyl (C=O) groups is 4. The van der Waals surface area contributed by atoms with Gasteiger partial charge in [-0.1, -0.05) is 36.4 Å². The lowest BCUT2D eigenvalue weighted by Crippen LogP contribution is -2.56. The molecule has 0 heterocycles. The van der Waals surface area contributed by atoms with Crippen molar-refractivity contribution in [3.8, 4) is 0 Å². The van der Waals surface area contributed by atoms with E-state index < -0.39 is 35.3 Å². The van der Waals surface area contributed by atoms with Crippen LogP contribution in [-0.2, 0) is 9.47 Å². The minimum absolute atomic E-state index is 0.0969. The number of hydrogen-bond donors (Lipinski definition) is 1. The lowest BCUT2D eigenvalue weighted by molar-refractivity contribution is -0.0120. The molecule has 2 amide bonds. The maximum atomic E-state index is 13.2. The first-order valence-electron chi connectivity index (χ1n) is 10.5. The van der Waals surface area contributed by atoms with Crippen LogP contribution in [0.1, 0.15) is 75.6 Å². The van der Waals surface area contributed by atoms with Crippen LogP contribution in [0.5, 0.6) is 0 Å². The number of Topliss-reactive ketones (excluding diaryl/α,β-unsaturated/α-hetero) is 2. The smallest absolute Gasteiger partial charge is 0.429 e. The summed E-state index contributed by atoms with van der Waals surface area (Å²) in [6, 6.07) is 5.65. The van der Waals surface area contributed by atoms with Gasteiger partial charge in [-0.05, 0) is 54.9 Å². The molecule has 0 unspecified atom stereocenters. The van der Waals surface area contributed by atoms with Gasteiger partial charge in [-0.15, -0.1) is 0 Å². The van der Waals surface area contributed by atoms with Crippen LogP contribution in [0.2, 0.25) is 0 Å². The first-order valence-corrected chi connectivity index (χ1v) is 10.5. The van der Waals surface area contributed by atoms with Crippen LogP contribution in [0.15, 0.2) is 36.4 Å². The van der Waals surface area contributed by atoms with Gasteiger partial charge in [-0.25, -0.2) is 20.0 Å². The number of ketones is 2. The highest BCUT2D eigenvalue weighted by Gasteiger charge is 2.40. The maximum absolute atomic E-state index is 13.2. The lowest BCUT2D eigenvalue weighted by atomic mass is 9.92. The average Bonchev–Trinajstić information content (AvgIpc) is 3.12. The molecular formula is C24H32N2O6. The summed E-state index contributed by atoms with van der Waals surface area (Å²) in [6.45, 7) is 11.7. The Balaban J connectivity index is 2.29. The van der Waals surface area contributed by atoms with Crippen LogP contribution in [-0.4, -0.2) is 46.0 Å². The van der Waals surface area contributed by atoms with Crippen molar-refractivity contribution >= 4 is 23.8 Å². The average molecular weight is 445 g/mol. The Bertz CT molecular complexity index is 906. The number of carbonyl (C=O) groups excluding carboxylic acids is 4. The van der Waals surface area contributed by atoms with Crippen molar-refractivity contribution in [1.29, 1.82) is 0 Å². The maximum Gasteiger partial charge on any atom is 0.429 e. The van der Waals surface area contributed by atoms with Crippen molar-refractivity contribution in [2.24, 2.45) is 5.92 Å². The first-order chi connectivity index (χ1) is 14.7. The molecule has 0 saturated carbocycles. The van der Waals surface area contributed by atoms with Crippen LogP contribution >= 0.6 is 0 Å². The zero-order chi connectivity index (χ0) is 24.3. The number of rotatable bonds is 4. The monoisotopic (exact) mass is 444 g/mol. The second-order valence-electron chi connectivity index (χ2n) is 9.72. The van der Waals surface area contributed by atoms with Gasteiger partial charge in [-0.2, -0.15) is 0 Å². The summed E-state index contributed by atoms with van der Waals surface area (Å²) in [5, 5.41) is 1.03. The van der Waals surface area contributed by atoms with E-state index in [1.54, 1.807) is 78.0 Å². The SMILES string of the molecule is CC(=O)c1ccc(C(=O)[C@H]2C=CC[C@@H]2N(NC(=O)OC(C)(C)C)C(=O)OC(C)(C)C)cc1. The predicted molar refractivity (Wildman–Crippen MR) is 119 cm³/mol. The van der Waals surface area contributed by atoms with Gasteiger partial charge in [0.25, 0.3) is 0 Å². The summed E-state index contributed by atoms with van der Waals surface area (Å²) in [4.78, 5) is 50.1. The van der Waals surface area contributed by atoms with E-state index in [4.69, 9.17) is 9.47 Å². The third-order valence-corrected chi connectivity index (χ3v) is 4.55. The molecule has 1 aromatic carbocycles. The molecule has 1 aliphatic carbocycles. The van der Waals surface area contributed by atoms with Gasteiger partial charge < -0.3 is 9.47 Å². The van der Waals surface area contributed by atoms with E-state index >= 15 is 0 Å². The number of hydrazine groups is 1. The molecule has 2 rings (SSSR count). The van der Waals surface area contributed by atoms with E-state index in [0.717, 1.165) is 5.01 Å². The zero-order valence-corrected chi connectivity index (χ0v) is 19.7. The number of benzene rings is 1. The van der Waals surface area contributed by atoms with Crippen molar-refractivity contribution < 1.29 is 28.7 Å². The number of hydrogen-bond acceptors (Lipinski definition) is 6. The molecule has 1 N–H and O–H groups in total. The van der Waals surface area contributed by atoms with Gasteiger partial charge >= 0.3 is 12.2 Å². The molecule has 0 fully saturated rings. The van der Waals surface area contributed by atoms with Crippen molar-refractivity contribution in [2.45, 2.75) is 72.1 Å². The fourth-order valence-corrected chi connectivity index (χ4v) is 3.20. The Hall–Kier alpha value is -3.16. The summed E-state index contributed by atoms with van der Waals surface area (Å²) < 4.78 is 10.7. The third kappa shape index (κ3) is 6.93. The summed E-state index contributed by atoms with van der Waals surface area (Å²) in [5.74, 6) is -1.04. The van der Waals surface area contributed by atoms with Gasteiger partial charge in [0, 0.05) is 11.1 Å². The van der Waals surface area contributed by atoms with Crippen molar-refractivity contribution in [1.82, 2.24) is 10.4 Å². The largest absolute Gasteiger partial charge is 0.443 e. The van der Waals surface area contributed by atoms with Gasteiger partial charge in [0.15, 0.2) is 11.6 Å². The summed E-state index contributed by atoms with van der Waals surface area (Å²) in [6.07, 6.45) is 2.22. The van der Waals surface area contributed by atoms with Crippen LogP contribution < -0.4 is 5.43 Å². The molecule has 0 bridgehead atoms. The Kier molecular flexibility index (Phi) is 7.49. The molecule has 32 heavy (non-hydrogen) atoms. The molecule has 1 aliphatic rings. The number of nitrogens with one attached hydrogen (secondary N) is 1. The van der Waals surface area contributed by atoms with Gasteiger partial charge in [0.05, 0.1) is 12.0 Å². The molecule has 0 saturated heterocycles. The summed E-state index contributed by atoms with van der Waals surface area (Å²) >= 11 is 0. The van der Waals surface area contributed by atoms with Crippen LogP contribution in [0.4, 0.5) is 9.59 Å². The zero-order valence-electron chi connectivity index (χ0n) is 19.7. The molecule has 8 nitrogen and oxygen atoms in total. The fourth-order valence-electron chi connectivity index (χ4n) is 3.20. The highest BCUT2D eigenvalue weighted by atomic mass is 16.6. The highest BCUT2D eigenvalue weighted by molar-refractivity contribution is 6.01. The summed E-state index contributed by atoms with van der Waals surface area (Å²) in [7, 11) is 0. The minimum atomic E-state index is -0.827. The quantitative estimate of drug-likeness (QED) is 0.410. The Morgan fingerprint density at radius 3 is 1.94 bits per heavy atom. The van der Waals surface area contributed by atoms with Crippen molar-refractivity contribution in [2.75, 3.05) is 0 Å². The first kappa shape index (κ1) is 25.1. The molecule has 0 aromatic heterocycles. The molecule has 8 heteroatoms. The second-order valence-corrected chi connectivity index (χ2v) is 9.72. The van der Waals surface area contributed by atoms with E-state index in [0.29, 0.717) is 17.5 Å². The molecule has 174 valence electrons. The van der Waals surface area contributed by atoms with Crippen LogP contribution in [0, 0.1) is 5.92 Å². The van der Waals surface area contributed by atoms with E-state index in [9.17, 15) is 19.2 Å². The number of ether oxygens (including phenoxy) is 2. The Labute approximate surface area is 188 Å². The van der Waals surface area contributed by atoms with E-state index in [2.05, 4.69) is 5.43 Å². The standard InChI is InChI=1S/C24H32N2O6/c1-15(27)16-11-13-17(14-12-16)20(28)18-9-8-10-19(18)26(22(30)32-24(5,6)7)25-21(29)31-23(2,3)4/h8-9,11-14,18-19H,10H2,1-7H3,(H,25,29)/t18-,19-/m0/s1. The van der Waals surface area contributed by atoms with Crippen molar-refractivity contribution in [3.63, 3.8) is 0 Å². The van der Waals surface area contributed by atoms with Crippen LogP contribution in [0.3, 0.4) is 0 Å². The van der Waals surface area contributed by atoms with E-state index in [1.165, 1.54) is 6.92 Å².